The Bertz CT molecular complexity index is 565. The van der Waals surface area contributed by atoms with E-state index in [4.69, 9.17) is 11.6 Å². The van der Waals surface area contributed by atoms with Gasteiger partial charge in [-0.05, 0) is 42.8 Å². The van der Waals surface area contributed by atoms with Gasteiger partial charge < -0.3 is 5.32 Å². The molecular weight excluding hydrogens is 284 g/mol. The summed E-state index contributed by atoms with van der Waals surface area (Å²) in [4.78, 5) is 20.7. The number of nitrogens with one attached hydrogen (secondary N) is 1. The third-order valence-corrected chi connectivity index (χ3v) is 2.99. The Labute approximate surface area is 120 Å². The topological polar surface area (TPSA) is 76.5 Å². The minimum atomic E-state index is 0.156. The third kappa shape index (κ3) is 4.29. The Kier molecular flexibility index (Phi) is 4.86. The molecule has 1 N–H and O–H groups in total. The molecule has 0 aliphatic carbocycles. The van der Waals surface area contributed by atoms with E-state index in [9.17, 15) is 0 Å². The van der Waals surface area contributed by atoms with Crippen molar-refractivity contribution in [3.8, 4) is 0 Å². The molecule has 0 spiro atoms. The molecule has 0 radical (unpaired) electrons. The summed E-state index contributed by atoms with van der Waals surface area (Å²) < 4.78 is 0. The third-order valence-electron chi connectivity index (χ3n) is 2.08. The minimum Gasteiger partial charge on any atom is -0.354 e. The Morgan fingerprint density at radius 3 is 2.79 bits per heavy atom. The average Bonchev–Trinajstić information content (AvgIpc) is 2.35. The van der Waals surface area contributed by atoms with Gasteiger partial charge in [0.2, 0.25) is 16.4 Å². The van der Waals surface area contributed by atoms with Gasteiger partial charge in [0.15, 0.2) is 5.16 Å². The van der Waals surface area contributed by atoms with Crippen LogP contribution in [0.15, 0.2) is 22.6 Å². The summed E-state index contributed by atoms with van der Waals surface area (Å²) in [7, 11) is 0. The van der Waals surface area contributed by atoms with E-state index in [1.165, 1.54) is 11.8 Å². The summed E-state index contributed by atoms with van der Waals surface area (Å²) in [5, 5.41) is 4.29. The van der Waals surface area contributed by atoms with Crippen molar-refractivity contribution in [2.75, 3.05) is 11.9 Å². The van der Waals surface area contributed by atoms with E-state index >= 15 is 0 Å². The molecule has 100 valence electrons. The molecule has 0 saturated carbocycles. The van der Waals surface area contributed by atoms with Gasteiger partial charge in [0.05, 0.1) is 0 Å². The van der Waals surface area contributed by atoms with E-state index in [-0.39, 0.29) is 5.28 Å². The lowest BCUT2D eigenvalue weighted by molar-refractivity contribution is 0.866. The molecule has 0 aromatic carbocycles. The van der Waals surface area contributed by atoms with Crippen LogP contribution in [0.25, 0.3) is 0 Å². The first-order chi connectivity index (χ1) is 9.17. The molecule has 2 aromatic rings. The molecule has 2 heterocycles. The first-order valence-electron chi connectivity index (χ1n) is 5.80. The van der Waals surface area contributed by atoms with Crippen LogP contribution in [-0.2, 0) is 0 Å². The first-order valence-corrected chi connectivity index (χ1v) is 7.00. The van der Waals surface area contributed by atoms with Gasteiger partial charge in [0.1, 0.15) is 0 Å². The van der Waals surface area contributed by atoms with E-state index in [0.717, 1.165) is 18.7 Å². The van der Waals surface area contributed by atoms with Crippen LogP contribution in [0.4, 0.5) is 5.95 Å². The summed E-state index contributed by atoms with van der Waals surface area (Å²) in [6, 6.07) is 1.83. The predicted molar refractivity (Wildman–Crippen MR) is 74.5 cm³/mol. The van der Waals surface area contributed by atoms with Crippen molar-refractivity contribution in [1.82, 2.24) is 24.9 Å². The van der Waals surface area contributed by atoms with Crippen molar-refractivity contribution in [3.05, 3.63) is 23.2 Å². The van der Waals surface area contributed by atoms with E-state index in [1.54, 1.807) is 6.20 Å². The summed E-state index contributed by atoms with van der Waals surface area (Å²) >= 11 is 7.12. The molecule has 0 bridgehead atoms. The van der Waals surface area contributed by atoms with Gasteiger partial charge in [-0.2, -0.15) is 15.0 Å². The molecule has 0 amide bonds. The maximum atomic E-state index is 5.87. The predicted octanol–water partition coefficient (Wildman–Crippen LogP) is 2.60. The molecule has 8 heteroatoms. The van der Waals surface area contributed by atoms with Crippen LogP contribution >= 0.6 is 23.4 Å². The lowest BCUT2D eigenvalue weighted by Gasteiger charge is -2.04. The van der Waals surface area contributed by atoms with Gasteiger partial charge in [-0.25, -0.2) is 9.97 Å². The molecule has 2 aromatic heterocycles. The van der Waals surface area contributed by atoms with Crippen LogP contribution < -0.4 is 5.32 Å². The highest BCUT2D eigenvalue weighted by Gasteiger charge is 2.08. The highest BCUT2D eigenvalue weighted by Crippen LogP contribution is 2.22. The number of hydrogen-bond donors (Lipinski definition) is 1. The minimum absolute atomic E-state index is 0.156. The maximum Gasteiger partial charge on any atom is 0.228 e. The fourth-order valence-electron chi connectivity index (χ4n) is 1.25. The zero-order valence-electron chi connectivity index (χ0n) is 10.6. The Morgan fingerprint density at radius 2 is 2.05 bits per heavy atom. The standard InChI is InChI=1S/C11H13ClN6S/c1-3-5-13-9-16-8(12)17-11(18-9)19-10-14-6-4-7(2)15-10/h4,6H,3,5H2,1-2H3,(H,13,16,17,18). The van der Waals surface area contributed by atoms with Crippen LogP contribution in [0.1, 0.15) is 19.0 Å². The largest absolute Gasteiger partial charge is 0.354 e. The molecule has 0 aliphatic rings. The molecule has 0 unspecified atom stereocenters. The van der Waals surface area contributed by atoms with Crippen LogP contribution in [0.5, 0.6) is 0 Å². The number of halogens is 1. The van der Waals surface area contributed by atoms with Crippen LogP contribution in [0.2, 0.25) is 5.28 Å². The number of hydrogen-bond acceptors (Lipinski definition) is 7. The fourth-order valence-corrected chi connectivity index (χ4v) is 2.19. The van der Waals surface area contributed by atoms with E-state index in [1.807, 2.05) is 13.0 Å². The van der Waals surface area contributed by atoms with Crippen molar-refractivity contribution >= 4 is 29.3 Å². The zero-order valence-corrected chi connectivity index (χ0v) is 12.2. The molecule has 0 aliphatic heterocycles. The van der Waals surface area contributed by atoms with Crippen molar-refractivity contribution in [3.63, 3.8) is 0 Å². The lowest BCUT2D eigenvalue weighted by Crippen LogP contribution is -2.06. The monoisotopic (exact) mass is 296 g/mol. The smallest absolute Gasteiger partial charge is 0.228 e. The number of nitrogens with zero attached hydrogens (tertiary/aromatic N) is 5. The average molecular weight is 297 g/mol. The van der Waals surface area contributed by atoms with Gasteiger partial charge in [-0.1, -0.05) is 6.92 Å². The molecule has 0 fully saturated rings. The zero-order chi connectivity index (χ0) is 13.7. The molecule has 2 rings (SSSR count). The van der Waals surface area contributed by atoms with Crippen molar-refractivity contribution in [2.24, 2.45) is 0 Å². The summed E-state index contributed by atoms with van der Waals surface area (Å²) in [6.45, 7) is 4.75. The van der Waals surface area contributed by atoms with Crippen LogP contribution in [0, 0.1) is 6.92 Å². The van der Waals surface area contributed by atoms with Gasteiger partial charge in [-0.3, -0.25) is 0 Å². The second kappa shape index (κ2) is 6.63. The summed E-state index contributed by atoms with van der Waals surface area (Å²) in [5.74, 6) is 0.469. The van der Waals surface area contributed by atoms with Crippen molar-refractivity contribution in [2.45, 2.75) is 30.6 Å². The summed E-state index contributed by atoms with van der Waals surface area (Å²) in [6.07, 6.45) is 2.68. The molecule has 0 saturated heterocycles. The van der Waals surface area contributed by atoms with Crippen LogP contribution in [0.3, 0.4) is 0 Å². The molecule has 0 atom stereocenters. The normalized spacial score (nSPS) is 10.5. The SMILES string of the molecule is CCCNc1nc(Cl)nc(Sc2nccc(C)n2)n1. The molecule has 19 heavy (non-hydrogen) atoms. The van der Waals surface area contributed by atoms with Gasteiger partial charge >= 0.3 is 0 Å². The highest BCUT2D eigenvalue weighted by molar-refractivity contribution is 7.99. The molecular formula is C11H13ClN6S. The number of rotatable bonds is 5. The summed E-state index contributed by atoms with van der Waals surface area (Å²) in [5.41, 5.74) is 0.891. The Balaban J connectivity index is 2.17. The van der Waals surface area contributed by atoms with Gasteiger partial charge in [-0.15, -0.1) is 0 Å². The van der Waals surface area contributed by atoms with E-state index in [0.29, 0.717) is 16.3 Å². The number of aryl methyl sites for hydroxylation is 1. The Hall–Kier alpha value is -1.47. The van der Waals surface area contributed by atoms with E-state index < -0.39 is 0 Å². The lowest BCUT2D eigenvalue weighted by atomic mass is 10.5. The number of anilines is 1. The van der Waals surface area contributed by atoms with Crippen LogP contribution in [-0.4, -0.2) is 31.5 Å². The highest BCUT2D eigenvalue weighted by atomic mass is 35.5. The van der Waals surface area contributed by atoms with E-state index in [2.05, 4.69) is 37.2 Å². The van der Waals surface area contributed by atoms with Gasteiger partial charge in [0, 0.05) is 18.4 Å². The second-order valence-electron chi connectivity index (χ2n) is 3.72. The second-order valence-corrected chi connectivity index (χ2v) is 4.99. The Morgan fingerprint density at radius 1 is 1.21 bits per heavy atom. The number of aromatic nitrogens is 5. The molecule has 6 nitrogen and oxygen atoms in total. The van der Waals surface area contributed by atoms with Crippen molar-refractivity contribution in [1.29, 1.82) is 0 Å². The quantitative estimate of drug-likeness (QED) is 0.850. The maximum absolute atomic E-state index is 5.87. The first kappa shape index (κ1) is 14.0. The van der Waals surface area contributed by atoms with Gasteiger partial charge in [0.25, 0.3) is 0 Å². The van der Waals surface area contributed by atoms with Crippen molar-refractivity contribution < 1.29 is 0 Å². The fraction of sp³-hybridized carbons (Fsp3) is 0.364.